The van der Waals surface area contributed by atoms with Gasteiger partial charge in [0.15, 0.2) is 0 Å². The molecular formula is C13H19NO3. The highest BCUT2D eigenvalue weighted by atomic mass is 16.5. The summed E-state index contributed by atoms with van der Waals surface area (Å²) in [4.78, 5) is 12.1. The van der Waals surface area contributed by atoms with Gasteiger partial charge in [-0.3, -0.25) is 0 Å². The van der Waals surface area contributed by atoms with E-state index in [2.05, 4.69) is 0 Å². The molecule has 1 rings (SSSR count). The highest BCUT2D eigenvalue weighted by Gasteiger charge is 2.13. The van der Waals surface area contributed by atoms with E-state index in [0.717, 1.165) is 28.0 Å². The largest absolute Gasteiger partial charge is 0.496 e. The first kappa shape index (κ1) is 13.4. The van der Waals surface area contributed by atoms with Gasteiger partial charge >= 0.3 is 6.09 Å². The van der Waals surface area contributed by atoms with E-state index in [1.165, 1.54) is 4.90 Å². The van der Waals surface area contributed by atoms with Gasteiger partial charge in [-0.15, -0.1) is 0 Å². The fourth-order valence-corrected chi connectivity index (χ4v) is 1.94. The van der Waals surface area contributed by atoms with E-state index >= 15 is 0 Å². The molecule has 17 heavy (non-hydrogen) atoms. The molecule has 0 aromatic heterocycles. The Hall–Kier alpha value is -1.71. The van der Waals surface area contributed by atoms with E-state index in [1.54, 1.807) is 14.2 Å². The van der Waals surface area contributed by atoms with Crippen molar-refractivity contribution in [1.82, 2.24) is 4.90 Å². The van der Waals surface area contributed by atoms with Crippen LogP contribution in [-0.2, 0) is 6.54 Å². The molecule has 0 saturated carbocycles. The number of amides is 1. The minimum atomic E-state index is -0.921. The molecule has 0 atom stereocenters. The van der Waals surface area contributed by atoms with Gasteiger partial charge in [0.1, 0.15) is 5.75 Å². The highest BCUT2D eigenvalue weighted by molar-refractivity contribution is 5.64. The van der Waals surface area contributed by atoms with Crippen LogP contribution >= 0.6 is 0 Å². The lowest BCUT2D eigenvalue weighted by Gasteiger charge is -2.19. The molecule has 0 aliphatic carbocycles. The van der Waals surface area contributed by atoms with Gasteiger partial charge in [-0.2, -0.15) is 0 Å². The van der Waals surface area contributed by atoms with Crippen LogP contribution in [0.1, 0.15) is 22.3 Å². The molecule has 4 heteroatoms. The predicted octanol–water partition coefficient (Wildman–Crippen LogP) is 2.73. The van der Waals surface area contributed by atoms with Crippen LogP contribution in [0.25, 0.3) is 0 Å². The van der Waals surface area contributed by atoms with Crippen LogP contribution in [0, 0.1) is 20.8 Å². The Kier molecular flexibility index (Phi) is 3.99. The van der Waals surface area contributed by atoms with Crippen molar-refractivity contribution in [2.24, 2.45) is 0 Å². The highest BCUT2D eigenvalue weighted by Crippen LogP contribution is 2.28. The molecule has 0 spiro atoms. The number of methoxy groups -OCH3 is 1. The number of hydrogen-bond acceptors (Lipinski definition) is 2. The molecule has 0 fully saturated rings. The van der Waals surface area contributed by atoms with Crippen molar-refractivity contribution in [2.75, 3.05) is 14.2 Å². The quantitative estimate of drug-likeness (QED) is 0.879. The van der Waals surface area contributed by atoms with Gasteiger partial charge in [-0.25, -0.2) is 4.79 Å². The number of benzene rings is 1. The molecule has 1 N–H and O–H groups in total. The lowest BCUT2D eigenvalue weighted by atomic mass is 9.98. The molecule has 1 aromatic carbocycles. The number of hydrogen-bond donors (Lipinski definition) is 1. The second-order valence-corrected chi connectivity index (χ2v) is 4.27. The maximum Gasteiger partial charge on any atom is 0.407 e. The first-order valence-electron chi connectivity index (χ1n) is 5.46. The molecule has 0 radical (unpaired) electrons. The molecule has 94 valence electrons. The Labute approximate surface area is 102 Å². The van der Waals surface area contributed by atoms with Crippen molar-refractivity contribution < 1.29 is 14.6 Å². The molecular weight excluding hydrogens is 218 g/mol. The lowest BCUT2D eigenvalue weighted by molar-refractivity contribution is 0.153. The Morgan fingerprint density at radius 3 is 2.41 bits per heavy atom. The summed E-state index contributed by atoms with van der Waals surface area (Å²) < 4.78 is 5.33. The van der Waals surface area contributed by atoms with Gasteiger partial charge in [0.25, 0.3) is 0 Å². The number of ether oxygens (including phenoxy) is 1. The first-order chi connectivity index (χ1) is 7.88. The van der Waals surface area contributed by atoms with Gasteiger partial charge in [0, 0.05) is 13.6 Å². The van der Waals surface area contributed by atoms with E-state index in [-0.39, 0.29) is 0 Å². The summed E-state index contributed by atoms with van der Waals surface area (Å²) in [5, 5.41) is 8.87. The van der Waals surface area contributed by atoms with Crippen LogP contribution in [-0.4, -0.2) is 30.3 Å². The van der Waals surface area contributed by atoms with Crippen molar-refractivity contribution in [3.05, 3.63) is 28.3 Å². The van der Waals surface area contributed by atoms with Crippen LogP contribution in [0.5, 0.6) is 5.75 Å². The summed E-state index contributed by atoms with van der Waals surface area (Å²) in [6.07, 6.45) is -0.921. The standard InChI is InChI=1S/C13H19NO3/c1-8-6-11(7-14(4)13(15)16)9(2)10(3)12(8)17-5/h6H,7H2,1-5H3,(H,15,16). The van der Waals surface area contributed by atoms with Gasteiger partial charge in [-0.1, -0.05) is 6.07 Å². The van der Waals surface area contributed by atoms with E-state index < -0.39 is 6.09 Å². The molecule has 0 heterocycles. The number of rotatable bonds is 3. The third-order valence-electron chi connectivity index (χ3n) is 3.07. The van der Waals surface area contributed by atoms with Crippen LogP contribution in [0.4, 0.5) is 4.79 Å². The zero-order valence-electron chi connectivity index (χ0n) is 11.0. The Morgan fingerprint density at radius 1 is 1.35 bits per heavy atom. The Balaban J connectivity index is 3.15. The van der Waals surface area contributed by atoms with Crippen molar-refractivity contribution >= 4 is 6.09 Å². The topological polar surface area (TPSA) is 49.8 Å². The van der Waals surface area contributed by atoms with E-state index in [9.17, 15) is 4.79 Å². The molecule has 1 aromatic rings. The maximum absolute atomic E-state index is 10.8. The van der Waals surface area contributed by atoms with Crippen molar-refractivity contribution in [2.45, 2.75) is 27.3 Å². The van der Waals surface area contributed by atoms with Crippen molar-refractivity contribution in [1.29, 1.82) is 0 Å². The summed E-state index contributed by atoms with van der Waals surface area (Å²) >= 11 is 0. The molecule has 0 unspecified atom stereocenters. The smallest absolute Gasteiger partial charge is 0.407 e. The predicted molar refractivity (Wildman–Crippen MR) is 66.7 cm³/mol. The van der Waals surface area contributed by atoms with Crippen LogP contribution in [0.3, 0.4) is 0 Å². The van der Waals surface area contributed by atoms with Crippen LogP contribution in [0.15, 0.2) is 6.07 Å². The summed E-state index contributed by atoms with van der Waals surface area (Å²) in [5.74, 6) is 0.879. The molecule has 0 aliphatic heterocycles. The average molecular weight is 237 g/mol. The van der Waals surface area contributed by atoms with Crippen molar-refractivity contribution in [3.63, 3.8) is 0 Å². The van der Waals surface area contributed by atoms with Gasteiger partial charge in [0.05, 0.1) is 7.11 Å². The summed E-state index contributed by atoms with van der Waals surface area (Å²) in [7, 11) is 3.22. The Bertz CT molecular complexity index is 441. The van der Waals surface area contributed by atoms with Gasteiger partial charge in [-0.05, 0) is 43.0 Å². The second kappa shape index (κ2) is 5.08. The number of nitrogens with zero attached hydrogens (tertiary/aromatic N) is 1. The van der Waals surface area contributed by atoms with Crippen LogP contribution < -0.4 is 4.74 Å². The van der Waals surface area contributed by atoms with Crippen molar-refractivity contribution in [3.8, 4) is 5.75 Å². The van der Waals surface area contributed by atoms with E-state index in [1.807, 2.05) is 26.8 Å². The molecule has 0 aliphatic rings. The summed E-state index contributed by atoms with van der Waals surface area (Å²) in [6.45, 7) is 6.34. The van der Waals surface area contributed by atoms with Gasteiger partial charge in [0.2, 0.25) is 0 Å². The molecule has 0 bridgehead atoms. The zero-order chi connectivity index (χ0) is 13.2. The lowest BCUT2D eigenvalue weighted by Crippen LogP contribution is -2.24. The number of carboxylic acid groups (broad SMARTS) is 1. The van der Waals surface area contributed by atoms with E-state index in [0.29, 0.717) is 6.54 Å². The van der Waals surface area contributed by atoms with Crippen LogP contribution in [0.2, 0.25) is 0 Å². The van der Waals surface area contributed by atoms with Gasteiger partial charge < -0.3 is 14.7 Å². The first-order valence-corrected chi connectivity index (χ1v) is 5.46. The summed E-state index contributed by atoms with van der Waals surface area (Å²) in [6, 6.07) is 1.99. The Morgan fingerprint density at radius 2 is 1.94 bits per heavy atom. The maximum atomic E-state index is 10.8. The second-order valence-electron chi connectivity index (χ2n) is 4.27. The number of aryl methyl sites for hydroxylation is 1. The fraction of sp³-hybridized carbons (Fsp3) is 0.462. The third-order valence-corrected chi connectivity index (χ3v) is 3.07. The number of carbonyl (C=O) groups is 1. The summed E-state index contributed by atoms with van der Waals surface area (Å²) in [5.41, 5.74) is 4.21. The minimum Gasteiger partial charge on any atom is -0.496 e. The molecule has 1 amide bonds. The zero-order valence-corrected chi connectivity index (χ0v) is 11.0. The monoisotopic (exact) mass is 237 g/mol. The molecule has 0 saturated heterocycles. The third kappa shape index (κ3) is 2.70. The molecule has 4 nitrogen and oxygen atoms in total. The normalized spacial score (nSPS) is 10.2. The fourth-order valence-electron chi connectivity index (χ4n) is 1.94. The SMILES string of the molecule is COc1c(C)cc(CN(C)C(=O)O)c(C)c1C. The van der Waals surface area contributed by atoms with E-state index in [4.69, 9.17) is 9.84 Å². The average Bonchev–Trinajstić information content (AvgIpc) is 2.26. The minimum absolute atomic E-state index is 0.396.